The topological polar surface area (TPSA) is 25.8 Å². The van der Waals surface area contributed by atoms with Gasteiger partial charge in [0.2, 0.25) is 0 Å². The van der Waals surface area contributed by atoms with Crippen molar-refractivity contribution in [3.8, 4) is 0 Å². The van der Waals surface area contributed by atoms with Crippen LogP contribution in [0.1, 0.15) is 26.0 Å². The Kier molecular flexibility index (Phi) is 5.26. The Hall–Kier alpha value is -0.570. The first kappa shape index (κ1) is 13.5. The Morgan fingerprint density at radius 1 is 1.31 bits per heavy atom. The molecule has 1 heterocycles. The molecule has 86 valence electrons. The van der Waals surface area contributed by atoms with Gasteiger partial charge in [0, 0.05) is 10.6 Å². The molecule has 2 nitrogen and oxygen atoms in total. The fourth-order valence-corrected chi connectivity index (χ4v) is 1.52. The Balaban J connectivity index is 3.19. The lowest BCUT2D eigenvalue weighted by Crippen LogP contribution is -1.92. The summed E-state index contributed by atoms with van der Waals surface area (Å²) in [5.41, 5.74) is 1.44. The van der Waals surface area contributed by atoms with E-state index in [-0.39, 0.29) is 0 Å². The Morgan fingerprint density at radius 2 is 2.00 bits per heavy atom. The van der Waals surface area contributed by atoms with Crippen molar-refractivity contribution in [1.82, 2.24) is 9.97 Å². The Labute approximate surface area is 110 Å². The molecule has 0 unspecified atom stereocenters. The molecule has 0 spiro atoms. The number of nitrogens with zero attached hydrogens (tertiary/aromatic N) is 2. The van der Waals surface area contributed by atoms with E-state index < -0.39 is 0 Å². The van der Waals surface area contributed by atoms with E-state index in [9.17, 15) is 0 Å². The van der Waals surface area contributed by atoms with E-state index >= 15 is 0 Å². The van der Waals surface area contributed by atoms with E-state index in [1.165, 1.54) is 6.20 Å². The van der Waals surface area contributed by atoms with Crippen LogP contribution in [0.15, 0.2) is 28.5 Å². The van der Waals surface area contributed by atoms with Crippen LogP contribution in [0, 0.1) is 0 Å². The van der Waals surface area contributed by atoms with Crippen molar-refractivity contribution in [1.29, 1.82) is 0 Å². The molecule has 0 aliphatic rings. The summed E-state index contributed by atoms with van der Waals surface area (Å²) in [5.74, 6) is 0. The second-order valence-electron chi connectivity index (χ2n) is 3.10. The van der Waals surface area contributed by atoms with Crippen LogP contribution in [0.3, 0.4) is 0 Å². The molecule has 1 rings (SSSR count). The second kappa shape index (κ2) is 6.24. The van der Waals surface area contributed by atoms with Crippen LogP contribution in [0.4, 0.5) is 0 Å². The molecule has 0 aromatic carbocycles. The summed E-state index contributed by atoms with van der Waals surface area (Å²) >= 11 is 17.7. The molecule has 0 amide bonds. The highest BCUT2D eigenvalue weighted by Gasteiger charge is 2.09. The van der Waals surface area contributed by atoms with Crippen LogP contribution < -0.4 is 0 Å². The van der Waals surface area contributed by atoms with Crippen molar-refractivity contribution >= 4 is 40.4 Å². The quantitative estimate of drug-likeness (QED) is 0.753. The lowest BCUT2D eigenvalue weighted by atomic mass is 10.1. The Morgan fingerprint density at radius 3 is 2.44 bits per heavy atom. The molecule has 16 heavy (non-hydrogen) atoms. The van der Waals surface area contributed by atoms with E-state index in [0.29, 0.717) is 20.9 Å². The summed E-state index contributed by atoms with van der Waals surface area (Å²) in [5, 5.41) is 1.36. The molecule has 0 saturated heterocycles. The van der Waals surface area contributed by atoms with E-state index in [2.05, 4.69) is 9.97 Å². The Bertz CT molecular complexity index is 417. The minimum atomic E-state index is 0.349. The summed E-state index contributed by atoms with van der Waals surface area (Å²) in [6, 6.07) is 0. The van der Waals surface area contributed by atoms with Crippen LogP contribution in [0.2, 0.25) is 5.15 Å². The van der Waals surface area contributed by atoms with Crippen LogP contribution in [-0.4, -0.2) is 9.97 Å². The van der Waals surface area contributed by atoms with Crippen LogP contribution >= 0.6 is 34.8 Å². The fourth-order valence-electron chi connectivity index (χ4n) is 1.15. The fraction of sp³-hybridized carbons (Fsp3) is 0.273. The average molecular weight is 278 g/mol. The van der Waals surface area contributed by atoms with Gasteiger partial charge in [-0.05, 0) is 13.3 Å². The number of hydrogen-bond donors (Lipinski definition) is 0. The first-order valence-electron chi connectivity index (χ1n) is 4.76. The van der Waals surface area contributed by atoms with Crippen molar-refractivity contribution in [2.45, 2.75) is 20.3 Å². The van der Waals surface area contributed by atoms with E-state index in [4.69, 9.17) is 34.8 Å². The maximum absolute atomic E-state index is 6.11. The van der Waals surface area contributed by atoms with Gasteiger partial charge in [-0.1, -0.05) is 47.8 Å². The lowest BCUT2D eigenvalue weighted by molar-refractivity contribution is 1.15. The zero-order valence-corrected chi connectivity index (χ0v) is 11.2. The largest absolute Gasteiger partial charge is 0.251 e. The molecule has 0 atom stereocenters. The van der Waals surface area contributed by atoms with Crippen LogP contribution in [0.5, 0.6) is 0 Å². The van der Waals surface area contributed by atoms with E-state index in [0.717, 1.165) is 12.0 Å². The van der Waals surface area contributed by atoms with Gasteiger partial charge >= 0.3 is 0 Å². The van der Waals surface area contributed by atoms with Gasteiger partial charge in [0.1, 0.15) is 5.15 Å². The highest BCUT2D eigenvalue weighted by molar-refractivity contribution is 6.43. The lowest BCUT2D eigenvalue weighted by Gasteiger charge is -2.06. The number of allylic oxidation sites excluding steroid dienone is 4. The number of aromatic nitrogens is 2. The molecular formula is C11H11Cl3N2. The van der Waals surface area contributed by atoms with Crippen molar-refractivity contribution in [3.05, 3.63) is 39.4 Å². The van der Waals surface area contributed by atoms with Gasteiger partial charge in [0.15, 0.2) is 0 Å². The third-order valence-corrected chi connectivity index (χ3v) is 2.81. The molecule has 0 aliphatic carbocycles. The molecule has 0 bridgehead atoms. The molecule has 5 heteroatoms. The van der Waals surface area contributed by atoms with Crippen LogP contribution in [-0.2, 0) is 0 Å². The summed E-state index contributed by atoms with van der Waals surface area (Å²) in [7, 11) is 0. The molecule has 0 radical (unpaired) electrons. The first-order chi connectivity index (χ1) is 7.56. The zero-order chi connectivity index (χ0) is 12.1. The number of hydrogen-bond acceptors (Lipinski definition) is 2. The second-order valence-corrected chi connectivity index (χ2v) is 4.43. The zero-order valence-electron chi connectivity index (χ0n) is 8.97. The van der Waals surface area contributed by atoms with Gasteiger partial charge in [0.05, 0.1) is 23.1 Å². The summed E-state index contributed by atoms with van der Waals surface area (Å²) in [6.07, 6.45) is 5.84. The predicted octanol–water partition coefficient (Wildman–Crippen LogP) is 4.63. The molecule has 1 aromatic heterocycles. The maximum Gasteiger partial charge on any atom is 0.147 e. The maximum atomic E-state index is 6.11. The standard InChI is InChI=1S/C11H11Cl3N2/c1-3-4-8(11(14)7(2)12)9-5-16-10(13)6-15-9/h4-6H,3H2,1-2H3/b8-4-,11-7-. The molecule has 0 aliphatic heterocycles. The minimum Gasteiger partial charge on any atom is -0.251 e. The first-order valence-corrected chi connectivity index (χ1v) is 5.90. The van der Waals surface area contributed by atoms with E-state index in [1.807, 2.05) is 13.0 Å². The minimum absolute atomic E-state index is 0.349. The number of rotatable bonds is 3. The molecule has 0 saturated carbocycles. The summed E-state index contributed by atoms with van der Waals surface area (Å²) in [4.78, 5) is 8.12. The van der Waals surface area contributed by atoms with Gasteiger partial charge in [0.25, 0.3) is 0 Å². The summed E-state index contributed by atoms with van der Waals surface area (Å²) < 4.78 is 0. The highest BCUT2D eigenvalue weighted by atomic mass is 35.5. The van der Waals surface area contributed by atoms with Crippen molar-refractivity contribution in [2.75, 3.05) is 0 Å². The van der Waals surface area contributed by atoms with Gasteiger partial charge < -0.3 is 0 Å². The average Bonchev–Trinajstić information content (AvgIpc) is 2.26. The summed E-state index contributed by atoms with van der Waals surface area (Å²) in [6.45, 7) is 3.74. The number of halogens is 3. The monoisotopic (exact) mass is 276 g/mol. The van der Waals surface area contributed by atoms with E-state index in [1.54, 1.807) is 13.1 Å². The van der Waals surface area contributed by atoms with Crippen molar-refractivity contribution in [3.63, 3.8) is 0 Å². The van der Waals surface area contributed by atoms with Crippen LogP contribution in [0.25, 0.3) is 5.57 Å². The van der Waals surface area contributed by atoms with Crippen molar-refractivity contribution < 1.29 is 0 Å². The molecular weight excluding hydrogens is 266 g/mol. The van der Waals surface area contributed by atoms with Gasteiger partial charge in [-0.15, -0.1) is 0 Å². The van der Waals surface area contributed by atoms with Gasteiger partial charge in [-0.2, -0.15) is 0 Å². The molecule has 0 fully saturated rings. The van der Waals surface area contributed by atoms with Gasteiger partial charge in [-0.25, -0.2) is 4.98 Å². The molecule has 0 N–H and O–H groups in total. The molecule has 1 aromatic rings. The third kappa shape index (κ3) is 3.48. The third-order valence-electron chi connectivity index (χ3n) is 1.84. The predicted molar refractivity (Wildman–Crippen MR) is 69.7 cm³/mol. The highest BCUT2D eigenvalue weighted by Crippen LogP contribution is 2.29. The smallest absolute Gasteiger partial charge is 0.147 e. The normalized spacial score (nSPS) is 13.7. The SMILES string of the molecule is CC/C=C(\C(Cl)=C(/C)Cl)c1cnc(Cl)cn1. The van der Waals surface area contributed by atoms with Crippen molar-refractivity contribution in [2.24, 2.45) is 0 Å². The van der Waals surface area contributed by atoms with Gasteiger partial charge in [-0.3, -0.25) is 4.98 Å².